The van der Waals surface area contributed by atoms with Crippen LogP contribution >= 0.6 is 0 Å². The van der Waals surface area contributed by atoms with Gasteiger partial charge in [-0.25, -0.2) is 0 Å². The molecule has 0 saturated heterocycles. The lowest BCUT2D eigenvalue weighted by molar-refractivity contribution is 1.40. The van der Waals surface area contributed by atoms with Gasteiger partial charge in [0.2, 0.25) is 0 Å². The van der Waals surface area contributed by atoms with Gasteiger partial charge in [0, 0.05) is 17.1 Å². The van der Waals surface area contributed by atoms with Crippen LogP contribution in [0.2, 0.25) is 0 Å². The number of allylic oxidation sites excluding steroid dienone is 1. The minimum absolute atomic E-state index is 0.722. The summed E-state index contributed by atoms with van der Waals surface area (Å²) in [6.07, 6.45) is 4.04. The van der Waals surface area contributed by atoms with Gasteiger partial charge < -0.3 is 5.73 Å². The molecular formula is C26H24N2. The van der Waals surface area contributed by atoms with E-state index in [2.05, 4.69) is 98.6 Å². The number of nitrogens with zero attached hydrogens (tertiary/aromatic N) is 1. The van der Waals surface area contributed by atoms with E-state index < -0.39 is 0 Å². The van der Waals surface area contributed by atoms with E-state index in [9.17, 15) is 0 Å². The lowest BCUT2D eigenvalue weighted by atomic mass is 9.99. The van der Waals surface area contributed by atoms with E-state index in [4.69, 9.17) is 5.73 Å². The number of hydrogen-bond donors (Lipinski definition) is 1. The number of fused-ring (bicyclic) bond motifs is 1. The van der Waals surface area contributed by atoms with Gasteiger partial charge in [0.1, 0.15) is 0 Å². The van der Waals surface area contributed by atoms with Gasteiger partial charge in [-0.05, 0) is 55.2 Å². The average Bonchev–Trinajstić information content (AvgIpc) is 2.71. The van der Waals surface area contributed by atoms with Gasteiger partial charge in [-0.3, -0.25) is 4.98 Å². The molecule has 0 saturated carbocycles. The van der Waals surface area contributed by atoms with Gasteiger partial charge >= 0.3 is 0 Å². The molecule has 0 atom stereocenters. The summed E-state index contributed by atoms with van der Waals surface area (Å²) in [5.41, 5.74) is 16.2. The number of hydrogen-bond acceptors (Lipinski definition) is 2. The monoisotopic (exact) mass is 364 g/mol. The Bertz CT molecular complexity index is 1170. The Labute approximate surface area is 166 Å². The summed E-state index contributed by atoms with van der Waals surface area (Å²) in [5.74, 6) is 0. The van der Waals surface area contributed by atoms with E-state index in [1.165, 1.54) is 22.3 Å². The first-order valence-electron chi connectivity index (χ1n) is 9.52. The standard InChI is InChI=1S/C26H24N2/c1-17-4-8-20(9-5-17)19(3)14-22-12-13-23-15-24(16-28-26(23)25(22)27)21-10-6-18(2)7-11-21/h4-16H,27H2,1-3H3/b19-14+. The summed E-state index contributed by atoms with van der Waals surface area (Å²) in [5, 5.41) is 1.06. The van der Waals surface area contributed by atoms with Crippen molar-refractivity contribution < 1.29 is 0 Å². The van der Waals surface area contributed by atoms with Crippen LogP contribution in [0.15, 0.2) is 72.9 Å². The largest absolute Gasteiger partial charge is 0.396 e. The van der Waals surface area contributed by atoms with Crippen molar-refractivity contribution in [1.29, 1.82) is 0 Å². The van der Waals surface area contributed by atoms with Crippen molar-refractivity contribution in [2.45, 2.75) is 20.8 Å². The number of aryl methyl sites for hydroxylation is 2. The molecule has 0 aliphatic carbocycles. The number of nitrogen functional groups attached to an aromatic ring is 1. The molecule has 0 unspecified atom stereocenters. The molecule has 2 N–H and O–H groups in total. The van der Waals surface area contributed by atoms with Crippen LogP contribution in [0.1, 0.15) is 29.2 Å². The Morgan fingerprint density at radius 1 is 0.821 bits per heavy atom. The Morgan fingerprint density at radius 2 is 1.46 bits per heavy atom. The van der Waals surface area contributed by atoms with Gasteiger partial charge in [-0.2, -0.15) is 0 Å². The van der Waals surface area contributed by atoms with Crippen molar-refractivity contribution in [2.75, 3.05) is 5.73 Å². The molecule has 2 heteroatoms. The van der Waals surface area contributed by atoms with Gasteiger partial charge in [-0.15, -0.1) is 0 Å². The Kier molecular flexibility index (Phi) is 4.70. The van der Waals surface area contributed by atoms with Crippen molar-refractivity contribution in [3.8, 4) is 11.1 Å². The predicted molar refractivity (Wildman–Crippen MR) is 121 cm³/mol. The maximum Gasteiger partial charge on any atom is 0.0937 e. The Balaban J connectivity index is 1.72. The van der Waals surface area contributed by atoms with Crippen LogP contribution in [0.4, 0.5) is 5.69 Å². The molecule has 1 aromatic heterocycles. The highest BCUT2D eigenvalue weighted by Gasteiger charge is 2.07. The van der Waals surface area contributed by atoms with Crippen molar-refractivity contribution in [3.05, 3.63) is 95.2 Å². The van der Waals surface area contributed by atoms with Crippen LogP contribution in [-0.2, 0) is 0 Å². The molecular weight excluding hydrogens is 340 g/mol. The summed E-state index contributed by atoms with van der Waals surface area (Å²) in [6, 6.07) is 23.4. The molecule has 2 nitrogen and oxygen atoms in total. The molecule has 0 amide bonds. The number of aromatic nitrogens is 1. The third kappa shape index (κ3) is 3.54. The topological polar surface area (TPSA) is 38.9 Å². The number of benzene rings is 3. The molecule has 1 heterocycles. The first-order valence-corrected chi connectivity index (χ1v) is 9.52. The number of nitrogens with two attached hydrogens (primary N) is 1. The second-order valence-electron chi connectivity index (χ2n) is 7.42. The zero-order valence-corrected chi connectivity index (χ0v) is 16.5. The molecule has 3 aromatic carbocycles. The summed E-state index contributed by atoms with van der Waals surface area (Å²) in [6.45, 7) is 6.31. The number of pyridine rings is 1. The molecule has 0 aliphatic rings. The predicted octanol–water partition coefficient (Wildman–Crippen LogP) is 6.66. The highest BCUT2D eigenvalue weighted by Crippen LogP contribution is 2.30. The molecule has 4 rings (SSSR count). The molecule has 4 aromatic rings. The molecule has 0 aliphatic heterocycles. The second-order valence-corrected chi connectivity index (χ2v) is 7.42. The maximum atomic E-state index is 6.47. The zero-order chi connectivity index (χ0) is 19.7. The smallest absolute Gasteiger partial charge is 0.0937 e. The molecule has 28 heavy (non-hydrogen) atoms. The first-order chi connectivity index (χ1) is 13.5. The summed E-state index contributed by atoms with van der Waals surface area (Å²) in [4.78, 5) is 4.68. The molecule has 0 radical (unpaired) electrons. The second kappa shape index (κ2) is 7.32. The van der Waals surface area contributed by atoms with Crippen molar-refractivity contribution >= 4 is 28.2 Å². The fourth-order valence-electron chi connectivity index (χ4n) is 3.40. The normalized spacial score (nSPS) is 11.8. The first kappa shape index (κ1) is 18.0. The van der Waals surface area contributed by atoms with Crippen molar-refractivity contribution in [3.63, 3.8) is 0 Å². The van der Waals surface area contributed by atoms with Gasteiger partial charge in [0.05, 0.1) is 11.2 Å². The van der Waals surface area contributed by atoms with E-state index >= 15 is 0 Å². The maximum absolute atomic E-state index is 6.47. The quantitative estimate of drug-likeness (QED) is 0.326. The lowest BCUT2D eigenvalue weighted by Crippen LogP contribution is -1.94. The molecule has 0 spiro atoms. The minimum atomic E-state index is 0.722. The minimum Gasteiger partial charge on any atom is -0.396 e. The summed E-state index contributed by atoms with van der Waals surface area (Å²) in [7, 11) is 0. The number of rotatable bonds is 3. The highest BCUT2D eigenvalue weighted by atomic mass is 14.7. The molecule has 138 valence electrons. The third-order valence-corrected chi connectivity index (χ3v) is 5.19. The van der Waals surface area contributed by atoms with E-state index in [-0.39, 0.29) is 0 Å². The zero-order valence-electron chi connectivity index (χ0n) is 16.5. The van der Waals surface area contributed by atoms with Gasteiger partial charge in [0.25, 0.3) is 0 Å². The number of anilines is 1. The van der Waals surface area contributed by atoms with Crippen LogP contribution in [0.5, 0.6) is 0 Å². The van der Waals surface area contributed by atoms with E-state index in [1.54, 1.807) is 0 Å². The average molecular weight is 364 g/mol. The van der Waals surface area contributed by atoms with E-state index in [1.807, 2.05) is 6.20 Å². The molecule has 0 fully saturated rings. The highest BCUT2D eigenvalue weighted by molar-refractivity contribution is 5.97. The van der Waals surface area contributed by atoms with Crippen LogP contribution < -0.4 is 5.73 Å². The van der Waals surface area contributed by atoms with Crippen LogP contribution in [-0.4, -0.2) is 4.98 Å². The van der Waals surface area contributed by atoms with Crippen molar-refractivity contribution in [1.82, 2.24) is 4.98 Å². The van der Waals surface area contributed by atoms with Gasteiger partial charge in [-0.1, -0.05) is 71.8 Å². The van der Waals surface area contributed by atoms with Crippen LogP contribution in [0.3, 0.4) is 0 Å². The van der Waals surface area contributed by atoms with E-state index in [0.717, 1.165) is 33.3 Å². The van der Waals surface area contributed by atoms with Crippen LogP contribution in [0.25, 0.3) is 33.7 Å². The van der Waals surface area contributed by atoms with E-state index in [0.29, 0.717) is 0 Å². The summed E-state index contributed by atoms with van der Waals surface area (Å²) < 4.78 is 0. The van der Waals surface area contributed by atoms with Gasteiger partial charge in [0.15, 0.2) is 0 Å². The fraction of sp³-hybridized carbons (Fsp3) is 0.115. The Hall–Kier alpha value is -3.39. The van der Waals surface area contributed by atoms with Crippen LogP contribution in [0, 0.1) is 13.8 Å². The summed E-state index contributed by atoms with van der Waals surface area (Å²) >= 11 is 0. The SMILES string of the molecule is C/C(=C\c1ccc2cc(-c3ccc(C)cc3)cnc2c1N)c1ccc(C)cc1. The van der Waals surface area contributed by atoms with Crippen molar-refractivity contribution in [2.24, 2.45) is 0 Å². The Morgan fingerprint density at radius 3 is 2.14 bits per heavy atom. The lowest BCUT2D eigenvalue weighted by Gasteiger charge is -2.09. The third-order valence-electron chi connectivity index (χ3n) is 5.19. The fourth-order valence-corrected chi connectivity index (χ4v) is 3.40. The molecule has 0 bridgehead atoms.